The number of fused-ring (bicyclic) bond motifs is 1. The maximum Gasteiger partial charge on any atom is 0.164 e. The quantitative estimate of drug-likeness (QED) is 0.159. The lowest BCUT2D eigenvalue weighted by atomic mass is 9.60. The SMILES string of the molecule is c1ccc(-c2nc(-c3ccc4c(c3)C3c5ccccc5C4c4cc(-c5nc(-c6ccccc6)nc(-c6ccccc6)n5)ccc43)cc(-n3c(-c4ccccc4)nc4ccccc43)n2)cc1. The highest BCUT2D eigenvalue weighted by molar-refractivity contribution is 5.84. The van der Waals surface area contributed by atoms with E-state index in [1.165, 1.54) is 33.4 Å². The van der Waals surface area contributed by atoms with Crippen LogP contribution >= 0.6 is 0 Å². The van der Waals surface area contributed by atoms with Crippen LogP contribution in [0.5, 0.6) is 0 Å². The number of hydrogen-bond donors (Lipinski definition) is 0. The zero-order chi connectivity index (χ0) is 42.8. The first kappa shape index (κ1) is 36.9. The molecule has 3 heterocycles. The second-order valence-corrected chi connectivity index (χ2v) is 16.6. The van der Waals surface area contributed by atoms with Crippen LogP contribution in [0.4, 0.5) is 0 Å². The molecule has 3 aliphatic carbocycles. The molecule has 0 aliphatic heterocycles. The summed E-state index contributed by atoms with van der Waals surface area (Å²) in [6.45, 7) is 0. The van der Waals surface area contributed by atoms with Gasteiger partial charge in [-0.25, -0.2) is 29.9 Å². The standard InChI is InChI=1S/C58H37N7/c1-5-17-36(18-6-1)54-59-49(35-51(61-54)65-50-28-16-15-27-48(50)60-58(65)39-23-11-4-12-24-39)40-29-31-44-46(33-40)52-42-25-13-14-26-43(42)53(44)47-34-41(30-32-45(47)52)57-63-55(37-19-7-2-8-20-37)62-56(64-57)38-21-9-3-10-22-38/h1-35,52-53H. The minimum absolute atomic E-state index is 0.0329. The van der Waals surface area contributed by atoms with E-state index in [1.807, 2.05) is 103 Å². The smallest absolute Gasteiger partial charge is 0.164 e. The molecule has 3 aromatic heterocycles. The summed E-state index contributed by atoms with van der Waals surface area (Å²) in [6.07, 6.45) is 0. The van der Waals surface area contributed by atoms with E-state index in [0.717, 1.165) is 61.8 Å². The Hall–Kier alpha value is -8.68. The third-order valence-corrected chi connectivity index (χ3v) is 12.9. The number of aromatic nitrogens is 7. The number of hydrogen-bond acceptors (Lipinski definition) is 6. The third-order valence-electron chi connectivity index (χ3n) is 12.9. The summed E-state index contributed by atoms with van der Waals surface area (Å²) < 4.78 is 2.17. The second kappa shape index (κ2) is 15.0. The molecule has 3 aliphatic rings. The van der Waals surface area contributed by atoms with Gasteiger partial charge in [0, 0.05) is 51.3 Å². The first-order valence-electron chi connectivity index (χ1n) is 21.9. The van der Waals surface area contributed by atoms with E-state index in [1.54, 1.807) is 0 Å². The number of nitrogens with zero attached hydrogens (tertiary/aromatic N) is 7. The van der Waals surface area contributed by atoms with Gasteiger partial charge in [-0.3, -0.25) is 4.57 Å². The van der Waals surface area contributed by atoms with Crippen LogP contribution in [0.25, 0.3) is 85.0 Å². The van der Waals surface area contributed by atoms with Crippen LogP contribution in [-0.2, 0) is 0 Å². The van der Waals surface area contributed by atoms with Crippen LogP contribution in [0, 0.1) is 0 Å². The van der Waals surface area contributed by atoms with Gasteiger partial charge in [0.2, 0.25) is 0 Å². The minimum Gasteiger partial charge on any atom is -0.276 e. The van der Waals surface area contributed by atoms with E-state index < -0.39 is 0 Å². The minimum atomic E-state index is 0.0329. The van der Waals surface area contributed by atoms with Gasteiger partial charge in [-0.1, -0.05) is 182 Å². The van der Waals surface area contributed by atoms with Crippen molar-refractivity contribution in [2.45, 2.75) is 11.8 Å². The Balaban J connectivity index is 0.961. The highest BCUT2D eigenvalue weighted by Crippen LogP contribution is 2.56. The molecule has 14 rings (SSSR count). The summed E-state index contributed by atoms with van der Waals surface area (Å²) >= 11 is 0. The number of rotatable bonds is 7. The highest BCUT2D eigenvalue weighted by Gasteiger charge is 2.41. The van der Waals surface area contributed by atoms with Gasteiger partial charge in [-0.05, 0) is 57.6 Å². The molecule has 65 heavy (non-hydrogen) atoms. The fourth-order valence-corrected chi connectivity index (χ4v) is 9.91. The maximum absolute atomic E-state index is 5.31. The van der Waals surface area contributed by atoms with E-state index in [4.69, 9.17) is 29.9 Å². The molecule has 0 saturated carbocycles. The van der Waals surface area contributed by atoms with Crippen molar-refractivity contribution in [1.82, 2.24) is 34.5 Å². The Morgan fingerprint density at radius 2 is 0.723 bits per heavy atom. The lowest BCUT2D eigenvalue weighted by Crippen LogP contribution is -2.27. The van der Waals surface area contributed by atoms with Crippen molar-refractivity contribution < 1.29 is 0 Å². The van der Waals surface area contributed by atoms with Crippen LogP contribution < -0.4 is 0 Å². The molecule has 0 radical (unpaired) electrons. The van der Waals surface area contributed by atoms with Gasteiger partial charge in [-0.2, -0.15) is 0 Å². The van der Waals surface area contributed by atoms with Crippen molar-refractivity contribution in [2.75, 3.05) is 0 Å². The summed E-state index contributed by atoms with van der Waals surface area (Å²) in [4.78, 5) is 30.9. The van der Waals surface area contributed by atoms with Crippen LogP contribution in [0.15, 0.2) is 212 Å². The highest BCUT2D eigenvalue weighted by atomic mass is 15.2. The fraction of sp³-hybridized carbons (Fsp3) is 0.0345. The molecule has 2 unspecified atom stereocenters. The fourth-order valence-electron chi connectivity index (χ4n) is 9.91. The van der Waals surface area contributed by atoms with Gasteiger partial charge in [0.15, 0.2) is 23.3 Å². The summed E-state index contributed by atoms with van der Waals surface area (Å²) in [5.41, 5.74) is 16.4. The predicted molar refractivity (Wildman–Crippen MR) is 257 cm³/mol. The van der Waals surface area contributed by atoms with Crippen molar-refractivity contribution in [1.29, 1.82) is 0 Å². The van der Waals surface area contributed by atoms with Gasteiger partial charge in [0.1, 0.15) is 11.6 Å². The average Bonchev–Trinajstić information content (AvgIpc) is 3.79. The van der Waals surface area contributed by atoms with E-state index in [0.29, 0.717) is 23.3 Å². The zero-order valence-electron chi connectivity index (χ0n) is 35.0. The Morgan fingerprint density at radius 1 is 0.292 bits per heavy atom. The largest absolute Gasteiger partial charge is 0.276 e. The Morgan fingerprint density at radius 3 is 1.29 bits per heavy atom. The van der Waals surface area contributed by atoms with Gasteiger partial charge in [-0.15, -0.1) is 0 Å². The number of para-hydroxylation sites is 2. The van der Waals surface area contributed by atoms with E-state index in [-0.39, 0.29) is 11.8 Å². The Kier molecular flexibility index (Phi) is 8.52. The Bertz CT molecular complexity index is 3550. The molecule has 304 valence electrons. The van der Waals surface area contributed by atoms with Crippen molar-refractivity contribution >= 4 is 11.0 Å². The average molecular weight is 832 g/mol. The molecule has 11 aromatic rings. The van der Waals surface area contributed by atoms with Gasteiger partial charge in [0.25, 0.3) is 0 Å². The molecule has 0 saturated heterocycles. The third kappa shape index (κ3) is 6.20. The molecule has 8 aromatic carbocycles. The molecular formula is C58H37N7. The summed E-state index contributed by atoms with van der Waals surface area (Å²) in [6, 6.07) is 73.9. The number of benzene rings is 8. The molecule has 7 nitrogen and oxygen atoms in total. The van der Waals surface area contributed by atoms with Crippen molar-refractivity contribution in [3.8, 4) is 74.0 Å². The van der Waals surface area contributed by atoms with E-state index in [9.17, 15) is 0 Å². The van der Waals surface area contributed by atoms with Gasteiger partial charge in [0.05, 0.1) is 16.7 Å². The first-order chi connectivity index (χ1) is 32.2. The van der Waals surface area contributed by atoms with Crippen LogP contribution in [-0.4, -0.2) is 34.5 Å². The molecule has 0 spiro atoms. The first-order valence-corrected chi connectivity index (χ1v) is 21.9. The second-order valence-electron chi connectivity index (χ2n) is 16.6. The van der Waals surface area contributed by atoms with Crippen LogP contribution in [0.1, 0.15) is 45.2 Å². The number of imidazole rings is 1. The van der Waals surface area contributed by atoms with Gasteiger partial charge < -0.3 is 0 Å². The molecule has 2 atom stereocenters. The van der Waals surface area contributed by atoms with Crippen LogP contribution in [0.2, 0.25) is 0 Å². The summed E-state index contributed by atoms with van der Waals surface area (Å²) in [7, 11) is 0. The van der Waals surface area contributed by atoms with E-state index >= 15 is 0 Å². The van der Waals surface area contributed by atoms with E-state index in [2.05, 4.69) is 114 Å². The Labute approximate surface area is 375 Å². The molecule has 0 fully saturated rings. The van der Waals surface area contributed by atoms with Crippen molar-refractivity contribution in [3.05, 3.63) is 246 Å². The lowest BCUT2D eigenvalue weighted by Gasteiger charge is -2.42. The lowest BCUT2D eigenvalue weighted by molar-refractivity contribution is 0.754. The summed E-state index contributed by atoms with van der Waals surface area (Å²) in [5.74, 6) is 4.26. The normalized spacial score (nSPS) is 14.5. The van der Waals surface area contributed by atoms with Gasteiger partial charge >= 0.3 is 0 Å². The molecule has 0 amide bonds. The maximum atomic E-state index is 5.31. The van der Waals surface area contributed by atoms with Crippen molar-refractivity contribution in [2.24, 2.45) is 0 Å². The molecule has 2 bridgehead atoms. The molecule has 7 heteroatoms. The predicted octanol–water partition coefficient (Wildman–Crippen LogP) is 13.0. The summed E-state index contributed by atoms with van der Waals surface area (Å²) in [5, 5.41) is 0. The molecular weight excluding hydrogens is 795 g/mol. The van der Waals surface area contributed by atoms with Crippen LogP contribution in [0.3, 0.4) is 0 Å². The van der Waals surface area contributed by atoms with Crippen molar-refractivity contribution in [3.63, 3.8) is 0 Å². The zero-order valence-corrected chi connectivity index (χ0v) is 35.0. The monoisotopic (exact) mass is 831 g/mol. The topological polar surface area (TPSA) is 82.3 Å². The molecule has 0 N–H and O–H groups in total.